The quantitative estimate of drug-likeness (QED) is 0.534. The molecule has 3 heterocycles. The second-order valence-corrected chi connectivity index (χ2v) is 8.21. The zero-order chi connectivity index (χ0) is 22.9. The van der Waals surface area contributed by atoms with Gasteiger partial charge in [0, 0.05) is 11.8 Å². The molecule has 0 radical (unpaired) electrons. The third-order valence-corrected chi connectivity index (χ3v) is 6.03. The largest absolute Gasteiger partial charge is 0.497 e. The molecule has 5 rings (SSSR count). The van der Waals surface area contributed by atoms with E-state index < -0.39 is 0 Å². The molecule has 0 bridgehead atoms. The van der Waals surface area contributed by atoms with Crippen LogP contribution in [-0.2, 0) is 9.53 Å². The molecular formula is C26H24FN3O3. The number of rotatable bonds is 4. The number of benzene rings is 2. The molecule has 6 nitrogen and oxygen atoms in total. The lowest BCUT2D eigenvalue weighted by Gasteiger charge is -2.40. The molecule has 0 unspecified atom stereocenters. The topological polar surface area (TPSA) is 56.6 Å². The molecular weight excluding hydrogens is 421 g/mol. The van der Waals surface area contributed by atoms with Crippen LogP contribution in [0.4, 0.5) is 4.39 Å². The zero-order valence-corrected chi connectivity index (χ0v) is 18.5. The number of halogens is 1. The molecule has 1 fully saturated rings. The predicted octanol–water partition coefficient (Wildman–Crippen LogP) is 4.95. The third-order valence-electron chi connectivity index (χ3n) is 6.03. The maximum Gasteiger partial charge on any atom is 0.254 e. The van der Waals surface area contributed by atoms with Gasteiger partial charge in [-0.05, 0) is 61.2 Å². The van der Waals surface area contributed by atoms with E-state index in [0.29, 0.717) is 25.2 Å². The number of aryl methyl sites for hydroxylation is 1. The number of imidazole rings is 1. The maximum atomic E-state index is 13.5. The van der Waals surface area contributed by atoms with Gasteiger partial charge in [0.15, 0.2) is 0 Å². The van der Waals surface area contributed by atoms with Crippen molar-refractivity contribution >= 4 is 12.0 Å². The van der Waals surface area contributed by atoms with Crippen LogP contribution >= 0.6 is 0 Å². The molecule has 2 aliphatic heterocycles. The minimum atomic E-state index is -0.306. The van der Waals surface area contributed by atoms with Crippen LogP contribution in [-0.4, -0.2) is 34.1 Å². The summed E-state index contributed by atoms with van der Waals surface area (Å²) in [5.74, 6) is 0.333. The molecule has 0 aliphatic carbocycles. The first kappa shape index (κ1) is 21.0. The summed E-state index contributed by atoms with van der Waals surface area (Å²) in [7, 11) is 1.63. The van der Waals surface area contributed by atoms with Crippen molar-refractivity contribution in [2.24, 2.45) is 0 Å². The number of allylic oxidation sites excluding steroid dienone is 1. The van der Waals surface area contributed by atoms with Gasteiger partial charge in [-0.15, -0.1) is 0 Å². The minimum Gasteiger partial charge on any atom is -0.497 e. The van der Waals surface area contributed by atoms with E-state index in [2.05, 4.69) is 4.98 Å². The first-order chi connectivity index (χ1) is 16.0. The van der Waals surface area contributed by atoms with Gasteiger partial charge in [0.25, 0.3) is 5.91 Å². The Labute approximate surface area is 191 Å². The predicted molar refractivity (Wildman–Crippen MR) is 122 cm³/mol. The summed E-state index contributed by atoms with van der Waals surface area (Å²) < 4.78 is 26.6. The smallest absolute Gasteiger partial charge is 0.254 e. The summed E-state index contributed by atoms with van der Waals surface area (Å²) in [6, 6.07) is 11.8. The number of piperidine rings is 1. The van der Waals surface area contributed by atoms with Crippen LogP contribution in [0.3, 0.4) is 0 Å². The molecule has 1 saturated heterocycles. The molecule has 0 saturated carbocycles. The van der Waals surface area contributed by atoms with Crippen LogP contribution in [0.15, 0.2) is 72.5 Å². The van der Waals surface area contributed by atoms with Crippen LogP contribution in [0.5, 0.6) is 5.75 Å². The molecule has 1 amide bonds. The van der Waals surface area contributed by atoms with E-state index in [1.807, 2.05) is 42.0 Å². The van der Waals surface area contributed by atoms with E-state index in [1.165, 1.54) is 12.1 Å². The summed E-state index contributed by atoms with van der Waals surface area (Å²) >= 11 is 0. The third kappa shape index (κ3) is 4.02. The Kier molecular flexibility index (Phi) is 5.46. The lowest BCUT2D eigenvalue weighted by Crippen LogP contribution is -2.42. The monoisotopic (exact) mass is 445 g/mol. The Morgan fingerprint density at radius 1 is 1.18 bits per heavy atom. The second-order valence-electron chi connectivity index (χ2n) is 8.21. The number of carbonyl (C=O) groups is 1. The molecule has 168 valence electrons. The highest BCUT2D eigenvalue weighted by Crippen LogP contribution is 2.38. The van der Waals surface area contributed by atoms with Crippen molar-refractivity contribution in [1.29, 1.82) is 0 Å². The summed E-state index contributed by atoms with van der Waals surface area (Å²) in [6.45, 7) is 2.27. The summed E-state index contributed by atoms with van der Waals surface area (Å²) in [4.78, 5) is 19.6. The number of hydrogen-bond donors (Lipinski definition) is 0. The number of aromatic nitrogens is 2. The Bertz CT molecular complexity index is 1260. The molecule has 1 atom stereocenters. The van der Waals surface area contributed by atoms with Crippen LogP contribution in [0.2, 0.25) is 0 Å². The number of amides is 1. The minimum absolute atomic E-state index is 0.0570. The van der Waals surface area contributed by atoms with Gasteiger partial charge in [-0.2, -0.15) is 0 Å². The highest BCUT2D eigenvalue weighted by atomic mass is 19.1. The number of fused-ring (bicyclic) bond motifs is 1. The van der Waals surface area contributed by atoms with Gasteiger partial charge in [-0.1, -0.05) is 18.2 Å². The Balaban J connectivity index is 1.46. The standard InChI is InChI=1S/C26H24FN3O3/c1-17-13-29(16-28-17)23-10-3-18(12-25(23)32-2)11-20-6-9-22-14-33-15-24(30(22)26(20)31)19-4-7-21(27)8-5-19/h3-5,7-8,10-14,16,24H,6,9,15H2,1-2H3/b20-11+/t24-/m0/s1. The van der Waals surface area contributed by atoms with Gasteiger partial charge in [0.1, 0.15) is 24.4 Å². The highest BCUT2D eigenvalue weighted by molar-refractivity contribution is 6.00. The van der Waals surface area contributed by atoms with Crippen molar-refractivity contribution in [3.8, 4) is 11.4 Å². The SMILES string of the molecule is COc1cc(/C=C2\CCC3=COC[C@@H](c4ccc(F)cc4)N3C2=O)ccc1-n1cnc(C)c1. The van der Waals surface area contributed by atoms with Gasteiger partial charge in [0.05, 0.1) is 36.6 Å². The van der Waals surface area contributed by atoms with Crippen LogP contribution in [0, 0.1) is 12.7 Å². The summed E-state index contributed by atoms with van der Waals surface area (Å²) in [6.07, 6.45) is 8.58. The highest BCUT2D eigenvalue weighted by Gasteiger charge is 2.36. The van der Waals surface area contributed by atoms with Crippen molar-refractivity contribution < 1.29 is 18.7 Å². The van der Waals surface area contributed by atoms with Gasteiger partial charge >= 0.3 is 0 Å². The first-order valence-corrected chi connectivity index (χ1v) is 10.8. The van der Waals surface area contributed by atoms with E-state index >= 15 is 0 Å². The zero-order valence-electron chi connectivity index (χ0n) is 18.5. The van der Waals surface area contributed by atoms with Crippen molar-refractivity contribution in [3.05, 3.63) is 95.2 Å². The molecule has 2 aliphatic rings. The van der Waals surface area contributed by atoms with Crippen LogP contribution < -0.4 is 4.74 Å². The normalized spacial score (nSPS) is 19.2. The lowest BCUT2D eigenvalue weighted by atomic mass is 9.94. The average molecular weight is 445 g/mol. The van der Waals surface area contributed by atoms with Crippen LogP contribution in [0.25, 0.3) is 11.8 Å². The van der Waals surface area contributed by atoms with E-state index in [1.54, 1.807) is 36.7 Å². The Hall–Kier alpha value is -3.87. The molecule has 7 heteroatoms. The number of hydrogen-bond acceptors (Lipinski definition) is 4. The summed E-state index contributed by atoms with van der Waals surface area (Å²) in [5, 5.41) is 0. The van der Waals surface area contributed by atoms with E-state index in [-0.39, 0.29) is 17.8 Å². The molecule has 1 aromatic heterocycles. The van der Waals surface area contributed by atoms with E-state index in [0.717, 1.165) is 33.8 Å². The number of ether oxygens (including phenoxy) is 2. The lowest BCUT2D eigenvalue weighted by molar-refractivity contribution is -0.130. The number of nitrogens with zero attached hydrogens (tertiary/aromatic N) is 3. The fraction of sp³-hybridized carbons (Fsp3) is 0.231. The molecule has 33 heavy (non-hydrogen) atoms. The van der Waals surface area contributed by atoms with E-state index in [9.17, 15) is 9.18 Å². The van der Waals surface area contributed by atoms with Crippen LogP contribution in [0.1, 0.15) is 35.7 Å². The van der Waals surface area contributed by atoms with E-state index in [4.69, 9.17) is 9.47 Å². The fourth-order valence-electron chi connectivity index (χ4n) is 4.36. The van der Waals surface area contributed by atoms with Crippen molar-refractivity contribution in [2.45, 2.75) is 25.8 Å². The molecule has 3 aromatic rings. The second kappa shape index (κ2) is 8.58. The van der Waals surface area contributed by atoms with Crippen molar-refractivity contribution in [1.82, 2.24) is 14.5 Å². The number of methoxy groups -OCH3 is 1. The molecule has 2 aromatic carbocycles. The van der Waals surface area contributed by atoms with Gasteiger partial charge in [0.2, 0.25) is 0 Å². The molecule has 0 N–H and O–H groups in total. The van der Waals surface area contributed by atoms with Gasteiger partial charge < -0.3 is 14.0 Å². The van der Waals surface area contributed by atoms with Gasteiger partial charge in [-0.3, -0.25) is 9.69 Å². The average Bonchev–Trinajstić information content (AvgIpc) is 3.27. The maximum absolute atomic E-state index is 13.5. The van der Waals surface area contributed by atoms with Crippen molar-refractivity contribution in [2.75, 3.05) is 13.7 Å². The first-order valence-electron chi connectivity index (χ1n) is 10.8. The molecule has 0 spiro atoms. The Morgan fingerprint density at radius 2 is 2.00 bits per heavy atom. The van der Waals surface area contributed by atoms with Gasteiger partial charge in [-0.25, -0.2) is 9.37 Å². The Morgan fingerprint density at radius 3 is 2.73 bits per heavy atom. The number of carbonyl (C=O) groups excluding carboxylic acids is 1. The van der Waals surface area contributed by atoms with Crippen molar-refractivity contribution in [3.63, 3.8) is 0 Å². The fourth-order valence-corrected chi connectivity index (χ4v) is 4.36. The summed E-state index contributed by atoms with van der Waals surface area (Å²) in [5.41, 5.74) is 5.09.